The second kappa shape index (κ2) is 4.39. The number of methoxy groups -OCH3 is 1. The molecule has 0 saturated carbocycles. The van der Waals surface area contributed by atoms with Crippen molar-refractivity contribution in [2.24, 2.45) is 0 Å². The van der Waals surface area contributed by atoms with E-state index in [-0.39, 0.29) is 0 Å². The first-order valence-corrected chi connectivity index (χ1v) is 5.38. The van der Waals surface area contributed by atoms with Crippen molar-refractivity contribution in [1.29, 1.82) is 0 Å². The fraction of sp³-hybridized carbons (Fsp3) is 0.308. The van der Waals surface area contributed by atoms with Crippen molar-refractivity contribution in [3.05, 3.63) is 36.8 Å². The minimum atomic E-state index is 0.406. The molecule has 1 heterocycles. The molecule has 0 unspecified atom stereocenters. The van der Waals surface area contributed by atoms with Gasteiger partial charge in [-0.2, -0.15) is 0 Å². The smallest absolute Gasteiger partial charge is 0.119 e. The van der Waals surface area contributed by atoms with Crippen molar-refractivity contribution in [2.45, 2.75) is 19.9 Å². The molecule has 0 saturated heterocycles. The average molecular weight is 216 g/mol. The second-order valence-electron chi connectivity index (χ2n) is 4.01. The molecule has 0 N–H and O–H groups in total. The van der Waals surface area contributed by atoms with Crippen molar-refractivity contribution in [2.75, 3.05) is 7.11 Å². The van der Waals surface area contributed by atoms with Gasteiger partial charge in [0.1, 0.15) is 5.75 Å². The standard InChI is InChI=1S/C13H16N2O/c1-10(2)15-9-14-8-13(15)11-5-4-6-12(7-11)16-3/h4-10H,1-3H3. The number of imidazole rings is 1. The molecule has 0 bridgehead atoms. The van der Waals surface area contributed by atoms with E-state index < -0.39 is 0 Å². The van der Waals surface area contributed by atoms with Gasteiger partial charge in [0.15, 0.2) is 0 Å². The summed E-state index contributed by atoms with van der Waals surface area (Å²) in [5.41, 5.74) is 2.25. The largest absolute Gasteiger partial charge is 0.497 e. The van der Waals surface area contributed by atoms with Gasteiger partial charge in [0.2, 0.25) is 0 Å². The summed E-state index contributed by atoms with van der Waals surface area (Å²) in [6.45, 7) is 4.29. The molecule has 0 fully saturated rings. The van der Waals surface area contributed by atoms with Gasteiger partial charge in [0, 0.05) is 11.6 Å². The molecule has 0 spiro atoms. The lowest BCUT2D eigenvalue weighted by atomic mass is 10.1. The summed E-state index contributed by atoms with van der Waals surface area (Å²) in [6.07, 6.45) is 3.74. The minimum Gasteiger partial charge on any atom is -0.497 e. The van der Waals surface area contributed by atoms with Gasteiger partial charge in [-0.15, -0.1) is 0 Å². The van der Waals surface area contributed by atoms with E-state index >= 15 is 0 Å². The maximum atomic E-state index is 5.22. The lowest BCUT2D eigenvalue weighted by Crippen LogP contribution is -2.00. The summed E-state index contributed by atoms with van der Waals surface area (Å²) >= 11 is 0. The molecule has 0 aliphatic rings. The van der Waals surface area contributed by atoms with E-state index in [1.165, 1.54) is 0 Å². The highest BCUT2D eigenvalue weighted by molar-refractivity contribution is 5.61. The van der Waals surface area contributed by atoms with Crippen molar-refractivity contribution in [1.82, 2.24) is 9.55 Å². The predicted molar refractivity (Wildman–Crippen MR) is 64.6 cm³/mol. The maximum absolute atomic E-state index is 5.22. The van der Waals surface area contributed by atoms with E-state index in [1.807, 2.05) is 30.7 Å². The van der Waals surface area contributed by atoms with Crippen LogP contribution in [0.1, 0.15) is 19.9 Å². The number of aromatic nitrogens is 2. The Kier molecular flexibility index (Phi) is 2.95. The molecule has 0 atom stereocenters. The number of nitrogens with zero attached hydrogens (tertiary/aromatic N) is 2. The highest BCUT2D eigenvalue weighted by Gasteiger charge is 2.07. The molecular weight excluding hydrogens is 200 g/mol. The molecule has 16 heavy (non-hydrogen) atoms. The van der Waals surface area contributed by atoms with Crippen molar-refractivity contribution in [3.63, 3.8) is 0 Å². The fourth-order valence-electron chi connectivity index (χ4n) is 1.72. The van der Waals surface area contributed by atoms with Crippen molar-refractivity contribution < 1.29 is 4.74 Å². The van der Waals surface area contributed by atoms with Crippen LogP contribution in [0, 0.1) is 0 Å². The monoisotopic (exact) mass is 216 g/mol. The number of ether oxygens (including phenoxy) is 1. The summed E-state index contributed by atoms with van der Waals surface area (Å²) in [5.74, 6) is 0.869. The minimum absolute atomic E-state index is 0.406. The molecule has 1 aromatic carbocycles. The van der Waals surface area contributed by atoms with Gasteiger partial charge in [-0.25, -0.2) is 4.98 Å². The number of hydrogen-bond acceptors (Lipinski definition) is 2. The highest BCUT2D eigenvalue weighted by Crippen LogP contribution is 2.25. The third-order valence-electron chi connectivity index (χ3n) is 2.59. The van der Waals surface area contributed by atoms with Crippen LogP contribution in [-0.2, 0) is 0 Å². The number of rotatable bonds is 3. The SMILES string of the molecule is COc1cccc(-c2cncn2C(C)C)c1. The molecule has 0 amide bonds. The first kappa shape index (κ1) is 10.7. The quantitative estimate of drug-likeness (QED) is 0.788. The zero-order chi connectivity index (χ0) is 11.5. The zero-order valence-electron chi connectivity index (χ0n) is 9.84. The zero-order valence-corrected chi connectivity index (χ0v) is 9.84. The maximum Gasteiger partial charge on any atom is 0.119 e. The van der Waals surface area contributed by atoms with E-state index in [2.05, 4.69) is 29.5 Å². The highest BCUT2D eigenvalue weighted by atomic mass is 16.5. The van der Waals surface area contributed by atoms with E-state index in [0.29, 0.717) is 6.04 Å². The van der Waals surface area contributed by atoms with Gasteiger partial charge in [-0.05, 0) is 26.0 Å². The number of benzene rings is 1. The Hall–Kier alpha value is -1.77. The summed E-state index contributed by atoms with van der Waals surface area (Å²) < 4.78 is 7.37. The molecule has 3 nitrogen and oxygen atoms in total. The van der Waals surface area contributed by atoms with Crippen LogP contribution in [0.3, 0.4) is 0 Å². The van der Waals surface area contributed by atoms with Crippen LogP contribution in [0.15, 0.2) is 36.8 Å². The molecule has 0 radical (unpaired) electrons. The van der Waals surface area contributed by atoms with Crippen LogP contribution in [0.25, 0.3) is 11.3 Å². The molecule has 84 valence electrons. The Labute approximate surface area is 95.7 Å². The molecule has 2 aromatic rings. The van der Waals surface area contributed by atoms with E-state index in [0.717, 1.165) is 17.0 Å². The van der Waals surface area contributed by atoms with Crippen LogP contribution in [0.4, 0.5) is 0 Å². The fourth-order valence-corrected chi connectivity index (χ4v) is 1.72. The van der Waals surface area contributed by atoms with Crippen LogP contribution in [-0.4, -0.2) is 16.7 Å². The molecule has 3 heteroatoms. The van der Waals surface area contributed by atoms with Crippen molar-refractivity contribution in [3.8, 4) is 17.0 Å². The normalized spacial score (nSPS) is 10.8. The van der Waals surface area contributed by atoms with E-state index in [1.54, 1.807) is 7.11 Å². The lowest BCUT2D eigenvalue weighted by molar-refractivity contribution is 0.415. The lowest BCUT2D eigenvalue weighted by Gasteiger charge is -2.12. The van der Waals surface area contributed by atoms with Crippen molar-refractivity contribution >= 4 is 0 Å². The molecule has 2 rings (SSSR count). The Morgan fingerprint density at radius 3 is 2.81 bits per heavy atom. The first-order chi connectivity index (χ1) is 7.72. The first-order valence-electron chi connectivity index (χ1n) is 5.38. The van der Waals surface area contributed by atoms with E-state index in [9.17, 15) is 0 Å². The van der Waals surface area contributed by atoms with Crippen LogP contribution >= 0.6 is 0 Å². The Bertz CT molecular complexity index is 474. The number of hydrogen-bond donors (Lipinski definition) is 0. The summed E-state index contributed by atoms with van der Waals surface area (Å²) in [5, 5.41) is 0. The topological polar surface area (TPSA) is 27.1 Å². The second-order valence-corrected chi connectivity index (χ2v) is 4.01. The third kappa shape index (κ3) is 1.94. The molecular formula is C13H16N2O. The summed E-state index contributed by atoms with van der Waals surface area (Å²) in [7, 11) is 1.68. The third-order valence-corrected chi connectivity index (χ3v) is 2.59. The summed E-state index contributed by atoms with van der Waals surface area (Å²) in [6, 6.07) is 8.43. The van der Waals surface area contributed by atoms with E-state index in [4.69, 9.17) is 4.74 Å². The summed E-state index contributed by atoms with van der Waals surface area (Å²) in [4.78, 5) is 4.20. The van der Waals surface area contributed by atoms with Crippen LogP contribution in [0.5, 0.6) is 5.75 Å². The molecule has 0 aliphatic carbocycles. The van der Waals surface area contributed by atoms with Crippen LogP contribution in [0.2, 0.25) is 0 Å². The van der Waals surface area contributed by atoms with Crippen LogP contribution < -0.4 is 4.74 Å². The van der Waals surface area contributed by atoms with Gasteiger partial charge in [0.25, 0.3) is 0 Å². The van der Waals surface area contributed by atoms with Gasteiger partial charge in [0.05, 0.1) is 25.3 Å². The predicted octanol–water partition coefficient (Wildman–Crippen LogP) is 3.14. The molecule has 0 aliphatic heterocycles. The van der Waals surface area contributed by atoms with Gasteiger partial charge < -0.3 is 9.30 Å². The Morgan fingerprint density at radius 1 is 1.31 bits per heavy atom. The Morgan fingerprint density at radius 2 is 2.12 bits per heavy atom. The van der Waals surface area contributed by atoms with Gasteiger partial charge in [-0.3, -0.25) is 0 Å². The van der Waals surface area contributed by atoms with Gasteiger partial charge in [-0.1, -0.05) is 12.1 Å². The van der Waals surface area contributed by atoms with Gasteiger partial charge >= 0.3 is 0 Å². The average Bonchev–Trinajstić information content (AvgIpc) is 2.78. The Balaban J connectivity index is 2.46. The molecule has 1 aromatic heterocycles.